The Morgan fingerprint density at radius 1 is 1.11 bits per heavy atom. The first-order chi connectivity index (χ1) is 12.8. The van der Waals surface area contributed by atoms with Gasteiger partial charge in [0, 0.05) is 31.9 Å². The van der Waals surface area contributed by atoms with Crippen molar-refractivity contribution in [1.29, 1.82) is 0 Å². The second kappa shape index (κ2) is 12.8. The number of rotatable bonds is 7. The Morgan fingerprint density at radius 3 is 2.57 bits per heavy atom. The molecule has 1 saturated heterocycles. The predicted molar refractivity (Wildman–Crippen MR) is 118 cm³/mol. The summed E-state index contributed by atoms with van der Waals surface area (Å²) in [5, 5.41) is 6.34. The number of morpholine rings is 1. The largest absolute Gasteiger partial charge is 0.366 e. The van der Waals surface area contributed by atoms with Gasteiger partial charge in [0.05, 0.1) is 6.61 Å². The number of benzene rings is 2. The van der Waals surface area contributed by atoms with Crippen molar-refractivity contribution in [3.63, 3.8) is 0 Å². The first-order valence-electron chi connectivity index (χ1n) is 9.23. The predicted octanol–water partition coefficient (Wildman–Crippen LogP) is 3.48. The average Bonchev–Trinajstić information content (AvgIpc) is 2.68. The lowest BCUT2D eigenvalue weighted by Crippen LogP contribution is -2.47. The number of para-hydroxylation sites is 1. The molecule has 28 heavy (non-hydrogen) atoms. The molecule has 5 nitrogen and oxygen atoms in total. The highest BCUT2D eigenvalue weighted by molar-refractivity contribution is 5.95. The van der Waals surface area contributed by atoms with E-state index in [1.807, 2.05) is 42.5 Å². The summed E-state index contributed by atoms with van der Waals surface area (Å²) in [5.41, 5.74) is 3.19. The molecule has 1 fully saturated rings. The van der Waals surface area contributed by atoms with E-state index < -0.39 is 6.10 Å². The highest BCUT2D eigenvalue weighted by Gasteiger charge is 2.27. The first kappa shape index (κ1) is 24.4. The molecule has 7 heteroatoms. The summed E-state index contributed by atoms with van der Waals surface area (Å²) >= 11 is 0. The van der Waals surface area contributed by atoms with Gasteiger partial charge in [-0.3, -0.25) is 9.69 Å². The minimum atomic E-state index is -0.445. The van der Waals surface area contributed by atoms with Crippen LogP contribution in [0.2, 0.25) is 0 Å². The monoisotopic (exact) mass is 425 g/mol. The van der Waals surface area contributed by atoms with Crippen molar-refractivity contribution in [3.8, 4) is 0 Å². The average molecular weight is 426 g/mol. The van der Waals surface area contributed by atoms with Crippen LogP contribution in [0.4, 0.5) is 5.69 Å². The van der Waals surface area contributed by atoms with Crippen LogP contribution >= 0.6 is 24.8 Å². The summed E-state index contributed by atoms with van der Waals surface area (Å²) in [5.74, 6) is -0.0771. The molecule has 2 N–H and O–H groups in total. The topological polar surface area (TPSA) is 53.6 Å². The van der Waals surface area contributed by atoms with Crippen LogP contribution in [0.3, 0.4) is 0 Å². The quantitative estimate of drug-likeness (QED) is 0.712. The van der Waals surface area contributed by atoms with E-state index in [9.17, 15) is 4.79 Å². The number of nitrogens with zero attached hydrogens (tertiary/aromatic N) is 1. The normalized spacial score (nSPS) is 16.5. The summed E-state index contributed by atoms with van der Waals surface area (Å²) in [6.45, 7) is 6.56. The number of amides is 1. The molecular weight excluding hydrogens is 397 g/mol. The maximum absolute atomic E-state index is 12.7. The zero-order valence-corrected chi connectivity index (χ0v) is 17.7. The third-order valence-corrected chi connectivity index (χ3v) is 4.53. The molecule has 1 amide bonds. The van der Waals surface area contributed by atoms with Crippen LogP contribution in [0.25, 0.3) is 0 Å². The highest BCUT2D eigenvalue weighted by atomic mass is 35.5. The van der Waals surface area contributed by atoms with E-state index in [2.05, 4.69) is 34.6 Å². The summed E-state index contributed by atoms with van der Waals surface area (Å²) in [7, 11) is 0. The van der Waals surface area contributed by atoms with Crippen LogP contribution in [0.15, 0.2) is 54.6 Å². The van der Waals surface area contributed by atoms with Gasteiger partial charge in [-0.15, -0.1) is 24.8 Å². The lowest BCUT2D eigenvalue weighted by Gasteiger charge is -2.32. The fraction of sp³-hybridized carbons (Fsp3) is 0.381. The highest BCUT2D eigenvalue weighted by Crippen LogP contribution is 2.17. The molecule has 0 spiro atoms. The molecule has 0 bridgehead atoms. The number of ether oxygens (including phenoxy) is 1. The molecule has 0 saturated carbocycles. The van der Waals surface area contributed by atoms with Gasteiger partial charge >= 0.3 is 0 Å². The van der Waals surface area contributed by atoms with Crippen molar-refractivity contribution in [2.75, 3.05) is 31.6 Å². The molecule has 2 aromatic carbocycles. The van der Waals surface area contributed by atoms with Crippen LogP contribution in [-0.2, 0) is 22.6 Å². The van der Waals surface area contributed by atoms with Crippen LogP contribution in [0.1, 0.15) is 18.1 Å². The number of halogens is 2. The second-order valence-electron chi connectivity index (χ2n) is 6.51. The third-order valence-electron chi connectivity index (χ3n) is 4.53. The molecule has 1 aliphatic heterocycles. The van der Waals surface area contributed by atoms with E-state index in [1.165, 1.54) is 5.56 Å². The van der Waals surface area contributed by atoms with Gasteiger partial charge in [-0.2, -0.15) is 0 Å². The molecular formula is C21H29Cl2N3O2. The Balaban J connectivity index is 0.00000196. The minimum Gasteiger partial charge on any atom is -0.366 e. The van der Waals surface area contributed by atoms with Crippen molar-refractivity contribution in [2.24, 2.45) is 0 Å². The summed E-state index contributed by atoms with van der Waals surface area (Å²) in [6, 6.07) is 18.2. The van der Waals surface area contributed by atoms with Crippen molar-refractivity contribution < 1.29 is 9.53 Å². The maximum Gasteiger partial charge on any atom is 0.254 e. The lowest BCUT2D eigenvalue weighted by molar-refractivity contribution is -0.133. The minimum absolute atomic E-state index is 0. The van der Waals surface area contributed by atoms with Gasteiger partial charge < -0.3 is 15.4 Å². The number of carbonyl (C=O) groups is 1. The number of hydrogen-bond donors (Lipinski definition) is 2. The van der Waals surface area contributed by atoms with Crippen molar-refractivity contribution >= 4 is 36.4 Å². The number of hydrogen-bond acceptors (Lipinski definition) is 4. The summed E-state index contributed by atoms with van der Waals surface area (Å²) in [6.07, 6.45) is -0.445. The van der Waals surface area contributed by atoms with E-state index in [0.717, 1.165) is 37.4 Å². The Bertz CT molecular complexity index is 716. The van der Waals surface area contributed by atoms with Gasteiger partial charge in [-0.25, -0.2) is 0 Å². The van der Waals surface area contributed by atoms with E-state index in [1.54, 1.807) is 0 Å². The Morgan fingerprint density at radius 2 is 1.82 bits per heavy atom. The van der Waals surface area contributed by atoms with E-state index >= 15 is 0 Å². The van der Waals surface area contributed by atoms with Gasteiger partial charge in [0.25, 0.3) is 5.91 Å². The van der Waals surface area contributed by atoms with Gasteiger partial charge in [0.15, 0.2) is 0 Å². The maximum atomic E-state index is 12.7. The Labute approximate surface area is 179 Å². The molecule has 1 unspecified atom stereocenters. The SMILES string of the molecule is CCNCc1ccccc1NC(=O)C1CN(Cc2ccccc2)CCO1.Cl.Cl. The van der Waals surface area contributed by atoms with Crippen molar-refractivity contribution in [2.45, 2.75) is 26.1 Å². The summed E-state index contributed by atoms with van der Waals surface area (Å²) < 4.78 is 5.73. The van der Waals surface area contributed by atoms with Gasteiger partial charge in [0.2, 0.25) is 0 Å². The fourth-order valence-electron chi connectivity index (χ4n) is 3.12. The second-order valence-corrected chi connectivity index (χ2v) is 6.51. The molecule has 0 radical (unpaired) electrons. The Kier molecular flexibility index (Phi) is 11.1. The molecule has 0 aromatic heterocycles. The van der Waals surface area contributed by atoms with Crippen molar-refractivity contribution in [1.82, 2.24) is 10.2 Å². The zero-order chi connectivity index (χ0) is 18.2. The van der Waals surface area contributed by atoms with Crippen LogP contribution in [0.5, 0.6) is 0 Å². The van der Waals surface area contributed by atoms with Crippen LogP contribution in [0, 0.1) is 0 Å². The smallest absolute Gasteiger partial charge is 0.254 e. The number of carbonyl (C=O) groups excluding carboxylic acids is 1. The third kappa shape index (κ3) is 7.08. The number of anilines is 1. The van der Waals surface area contributed by atoms with Crippen LogP contribution < -0.4 is 10.6 Å². The molecule has 1 aliphatic rings. The van der Waals surface area contributed by atoms with E-state index in [0.29, 0.717) is 13.2 Å². The van der Waals surface area contributed by atoms with E-state index in [-0.39, 0.29) is 30.7 Å². The zero-order valence-electron chi connectivity index (χ0n) is 16.1. The van der Waals surface area contributed by atoms with Gasteiger partial charge in [0.1, 0.15) is 6.10 Å². The molecule has 0 aliphatic carbocycles. The fourth-order valence-corrected chi connectivity index (χ4v) is 3.12. The van der Waals surface area contributed by atoms with Crippen LogP contribution in [-0.4, -0.2) is 43.2 Å². The lowest BCUT2D eigenvalue weighted by atomic mass is 10.1. The van der Waals surface area contributed by atoms with Gasteiger partial charge in [-0.05, 0) is 23.7 Å². The molecule has 2 aromatic rings. The van der Waals surface area contributed by atoms with E-state index in [4.69, 9.17) is 4.74 Å². The molecule has 3 rings (SSSR count). The Hall–Kier alpha value is -1.63. The number of nitrogens with one attached hydrogen (secondary N) is 2. The van der Waals surface area contributed by atoms with Crippen molar-refractivity contribution in [3.05, 3.63) is 65.7 Å². The first-order valence-corrected chi connectivity index (χ1v) is 9.23. The molecule has 1 heterocycles. The molecule has 1 atom stereocenters. The standard InChI is InChI=1S/C21H27N3O2.2ClH/c1-2-22-14-18-10-6-7-11-19(18)23-21(25)20-16-24(12-13-26-20)15-17-8-4-3-5-9-17;;/h3-11,20,22H,2,12-16H2,1H3,(H,23,25);2*1H. The van der Waals surface area contributed by atoms with Gasteiger partial charge in [-0.1, -0.05) is 55.5 Å². The summed E-state index contributed by atoms with van der Waals surface area (Å²) in [4.78, 5) is 15.0. The molecule has 154 valence electrons.